The van der Waals surface area contributed by atoms with Crippen molar-refractivity contribution in [2.24, 2.45) is 0 Å². The monoisotopic (exact) mass is 274 g/mol. The summed E-state index contributed by atoms with van der Waals surface area (Å²) >= 11 is 6.08. The molecule has 0 atom stereocenters. The van der Waals surface area contributed by atoms with Gasteiger partial charge in [-0.15, -0.1) is 11.6 Å². The average Bonchev–Trinajstić information content (AvgIpc) is 2.47. The van der Waals surface area contributed by atoms with E-state index in [1.807, 2.05) is 35.2 Å². The Morgan fingerprint density at radius 1 is 1.21 bits per heavy atom. The van der Waals surface area contributed by atoms with Crippen LogP contribution in [0.15, 0.2) is 36.5 Å². The first-order valence-corrected chi connectivity index (χ1v) is 6.96. The maximum Gasteiger partial charge on any atom is 0.256 e. The van der Waals surface area contributed by atoms with E-state index < -0.39 is 0 Å². The van der Waals surface area contributed by atoms with Gasteiger partial charge in [0.15, 0.2) is 0 Å². The van der Waals surface area contributed by atoms with Crippen molar-refractivity contribution in [3.05, 3.63) is 42.1 Å². The molecule has 2 aromatic rings. The molecule has 0 bridgehead atoms. The number of benzene rings is 1. The van der Waals surface area contributed by atoms with Gasteiger partial charge in [0.05, 0.1) is 11.1 Å². The molecular weight excluding hydrogens is 260 g/mol. The van der Waals surface area contributed by atoms with Crippen LogP contribution in [0, 0.1) is 0 Å². The van der Waals surface area contributed by atoms with Gasteiger partial charge in [-0.05, 0) is 25.0 Å². The molecule has 1 aromatic carbocycles. The first-order valence-electron chi connectivity index (χ1n) is 6.53. The highest BCUT2D eigenvalue weighted by atomic mass is 35.5. The molecule has 1 amide bonds. The Morgan fingerprint density at radius 3 is 2.74 bits per heavy atom. The number of piperidine rings is 1. The number of aromatic nitrogens is 1. The summed E-state index contributed by atoms with van der Waals surface area (Å²) in [5.74, 6) is 0.0628. The fourth-order valence-electron chi connectivity index (χ4n) is 2.50. The second-order valence-corrected chi connectivity index (χ2v) is 5.46. The van der Waals surface area contributed by atoms with Crippen LogP contribution in [0.3, 0.4) is 0 Å². The summed E-state index contributed by atoms with van der Waals surface area (Å²) < 4.78 is 0. The number of alkyl halides is 1. The lowest BCUT2D eigenvalue weighted by Gasteiger charge is -2.29. The van der Waals surface area contributed by atoms with E-state index in [0.717, 1.165) is 36.8 Å². The van der Waals surface area contributed by atoms with Crippen molar-refractivity contribution in [3.8, 4) is 0 Å². The number of likely N-dealkylation sites (tertiary alicyclic amines) is 1. The smallest absolute Gasteiger partial charge is 0.256 e. The summed E-state index contributed by atoms with van der Waals surface area (Å²) in [6.45, 7) is 1.46. The molecule has 1 saturated heterocycles. The molecule has 1 aliphatic heterocycles. The highest BCUT2D eigenvalue weighted by Gasteiger charge is 2.23. The van der Waals surface area contributed by atoms with Crippen LogP contribution < -0.4 is 0 Å². The number of carbonyl (C=O) groups is 1. The lowest BCUT2D eigenvalue weighted by Crippen LogP contribution is -2.38. The lowest BCUT2D eigenvalue weighted by molar-refractivity contribution is 0.0728. The molecule has 4 heteroatoms. The number of nitrogens with zero attached hydrogens (tertiary/aromatic N) is 2. The number of halogens is 1. The number of rotatable bonds is 1. The van der Waals surface area contributed by atoms with Gasteiger partial charge in [0.1, 0.15) is 0 Å². The van der Waals surface area contributed by atoms with Crippen LogP contribution in [-0.4, -0.2) is 34.3 Å². The van der Waals surface area contributed by atoms with Gasteiger partial charge in [-0.2, -0.15) is 0 Å². The van der Waals surface area contributed by atoms with Crippen LogP contribution >= 0.6 is 11.6 Å². The molecule has 98 valence electrons. The molecule has 0 aliphatic carbocycles. The Morgan fingerprint density at radius 2 is 1.95 bits per heavy atom. The molecule has 1 aliphatic rings. The molecular formula is C15H15ClN2O. The Balaban J connectivity index is 1.93. The third-order valence-electron chi connectivity index (χ3n) is 3.57. The van der Waals surface area contributed by atoms with Gasteiger partial charge in [0.25, 0.3) is 5.91 Å². The van der Waals surface area contributed by atoms with Crippen LogP contribution in [0.4, 0.5) is 0 Å². The molecule has 0 N–H and O–H groups in total. The predicted octanol–water partition coefficient (Wildman–Crippen LogP) is 3.08. The summed E-state index contributed by atoms with van der Waals surface area (Å²) in [5, 5.41) is 1.20. The van der Waals surface area contributed by atoms with E-state index in [-0.39, 0.29) is 11.3 Å². The summed E-state index contributed by atoms with van der Waals surface area (Å²) in [7, 11) is 0. The number of hydrogen-bond donors (Lipinski definition) is 0. The molecule has 0 spiro atoms. The number of para-hydroxylation sites is 1. The first-order chi connectivity index (χ1) is 9.25. The Bertz CT molecular complexity index is 601. The Kier molecular flexibility index (Phi) is 3.38. The second-order valence-electron chi connectivity index (χ2n) is 4.85. The minimum absolute atomic E-state index is 0.0628. The van der Waals surface area contributed by atoms with Crippen molar-refractivity contribution < 1.29 is 4.79 Å². The van der Waals surface area contributed by atoms with Gasteiger partial charge in [-0.1, -0.05) is 18.2 Å². The largest absolute Gasteiger partial charge is 0.338 e. The van der Waals surface area contributed by atoms with Crippen molar-refractivity contribution in [3.63, 3.8) is 0 Å². The van der Waals surface area contributed by atoms with E-state index in [4.69, 9.17) is 11.6 Å². The minimum Gasteiger partial charge on any atom is -0.338 e. The summed E-state index contributed by atoms with van der Waals surface area (Å²) in [6.07, 6.45) is 3.46. The van der Waals surface area contributed by atoms with Crippen molar-refractivity contribution in [1.29, 1.82) is 0 Å². The topological polar surface area (TPSA) is 33.2 Å². The maximum absolute atomic E-state index is 12.6. The van der Waals surface area contributed by atoms with Gasteiger partial charge < -0.3 is 4.90 Å². The van der Waals surface area contributed by atoms with Gasteiger partial charge in [0.2, 0.25) is 0 Å². The van der Waals surface area contributed by atoms with E-state index >= 15 is 0 Å². The standard InChI is InChI=1S/C15H15ClN2O/c16-12-6-9-18(10-7-12)15(19)13-5-1-3-11-4-2-8-17-14(11)13/h1-5,8,12H,6-7,9-10H2. The Labute approximate surface area is 117 Å². The average molecular weight is 275 g/mol. The van der Waals surface area contributed by atoms with Crippen molar-refractivity contribution >= 4 is 28.4 Å². The fourth-order valence-corrected chi connectivity index (χ4v) is 2.69. The molecule has 0 saturated carbocycles. The van der Waals surface area contributed by atoms with Crippen molar-refractivity contribution in [1.82, 2.24) is 9.88 Å². The van der Waals surface area contributed by atoms with E-state index in [1.54, 1.807) is 6.20 Å². The van der Waals surface area contributed by atoms with E-state index in [2.05, 4.69) is 4.98 Å². The molecule has 1 aromatic heterocycles. The molecule has 0 radical (unpaired) electrons. The second kappa shape index (κ2) is 5.17. The van der Waals surface area contributed by atoms with E-state index in [1.165, 1.54) is 0 Å². The van der Waals surface area contributed by atoms with E-state index in [0.29, 0.717) is 5.56 Å². The lowest BCUT2D eigenvalue weighted by atomic mass is 10.1. The summed E-state index contributed by atoms with van der Waals surface area (Å²) in [6, 6.07) is 9.60. The van der Waals surface area contributed by atoms with Crippen LogP contribution in [-0.2, 0) is 0 Å². The zero-order chi connectivity index (χ0) is 13.2. The highest BCUT2D eigenvalue weighted by Crippen LogP contribution is 2.21. The van der Waals surface area contributed by atoms with Gasteiger partial charge in [0, 0.05) is 30.0 Å². The number of fused-ring (bicyclic) bond motifs is 1. The number of pyridine rings is 1. The zero-order valence-electron chi connectivity index (χ0n) is 10.6. The Hall–Kier alpha value is -1.61. The van der Waals surface area contributed by atoms with E-state index in [9.17, 15) is 4.79 Å². The van der Waals surface area contributed by atoms with Gasteiger partial charge >= 0.3 is 0 Å². The molecule has 1 fully saturated rings. The summed E-state index contributed by atoms with van der Waals surface area (Å²) in [5.41, 5.74) is 1.47. The van der Waals surface area contributed by atoms with Crippen LogP contribution in [0.2, 0.25) is 0 Å². The highest BCUT2D eigenvalue weighted by molar-refractivity contribution is 6.20. The van der Waals surface area contributed by atoms with Crippen molar-refractivity contribution in [2.75, 3.05) is 13.1 Å². The SMILES string of the molecule is O=C(c1cccc2cccnc12)N1CCC(Cl)CC1. The molecule has 19 heavy (non-hydrogen) atoms. The number of amides is 1. The van der Waals surface area contributed by atoms with Crippen LogP contribution in [0.5, 0.6) is 0 Å². The minimum atomic E-state index is 0.0628. The van der Waals surface area contributed by atoms with Gasteiger partial charge in [-0.3, -0.25) is 9.78 Å². The number of hydrogen-bond acceptors (Lipinski definition) is 2. The molecule has 2 heterocycles. The quantitative estimate of drug-likeness (QED) is 0.749. The molecule has 0 unspecified atom stereocenters. The predicted molar refractivity (Wildman–Crippen MR) is 76.5 cm³/mol. The molecule has 3 nitrogen and oxygen atoms in total. The third-order valence-corrected chi connectivity index (χ3v) is 4.01. The fraction of sp³-hybridized carbons (Fsp3) is 0.333. The van der Waals surface area contributed by atoms with Crippen LogP contribution in [0.25, 0.3) is 10.9 Å². The van der Waals surface area contributed by atoms with Crippen molar-refractivity contribution in [2.45, 2.75) is 18.2 Å². The maximum atomic E-state index is 12.6. The summed E-state index contributed by atoms with van der Waals surface area (Å²) in [4.78, 5) is 18.8. The third kappa shape index (κ3) is 2.43. The number of carbonyl (C=O) groups excluding carboxylic acids is 1. The molecule has 3 rings (SSSR count). The van der Waals surface area contributed by atoms with Crippen LogP contribution in [0.1, 0.15) is 23.2 Å². The van der Waals surface area contributed by atoms with Gasteiger partial charge in [-0.25, -0.2) is 0 Å². The first kappa shape index (κ1) is 12.4. The normalized spacial score (nSPS) is 16.8. The zero-order valence-corrected chi connectivity index (χ0v) is 11.3.